The van der Waals surface area contributed by atoms with E-state index in [1.165, 1.54) is 6.92 Å². The summed E-state index contributed by atoms with van der Waals surface area (Å²) in [6.45, 7) is 4.11. The van der Waals surface area contributed by atoms with E-state index in [4.69, 9.17) is 0 Å². The van der Waals surface area contributed by atoms with E-state index in [0.29, 0.717) is 23.7 Å². The summed E-state index contributed by atoms with van der Waals surface area (Å²) in [5.41, 5.74) is 1.30. The molecule has 1 aliphatic heterocycles. The minimum Gasteiger partial charge on any atom is -0.352 e. The highest BCUT2D eigenvalue weighted by Gasteiger charge is 2.17. The van der Waals surface area contributed by atoms with Crippen molar-refractivity contribution in [2.24, 2.45) is 5.92 Å². The number of nitrogens with one attached hydrogen (secondary N) is 3. The van der Waals surface area contributed by atoms with Crippen molar-refractivity contribution in [3.05, 3.63) is 29.8 Å². The van der Waals surface area contributed by atoms with Gasteiger partial charge in [-0.15, -0.1) is 12.4 Å². The summed E-state index contributed by atoms with van der Waals surface area (Å²) in [5.74, 6) is 0.355. The highest BCUT2D eigenvalue weighted by Crippen LogP contribution is 2.09. The van der Waals surface area contributed by atoms with Crippen LogP contribution in [0.5, 0.6) is 0 Å². The molecule has 6 heteroatoms. The van der Waals surface area contributed by atoms with Crippen LogP contribution < -0.4 is 16.0 Å². The zero-order valence-corrected chi connectivity index (χ0v) is 11.5. The van der Waals surface area contributed by atoms with Crippen LogP contribution in [0.15, 0.2) is 24.3 Å². The molecule has 0 bridgehead atoms. The Bertz CT molecular complexity index is 444. The predicted molar refractivity (Wildman–Crippen MR) is 76.7 cm³/mol. The molecular formula is C13H18ClN3O2. The molecule has 3 N–H and O–H groups in total. The molecular weight excluding hydrogens is 266 g/mol. The highest BCUT2D eigenvalue weighted by atomic mass is 35.5. The molecule has 2 rings (SSSR count). The number of amides is 2. The second kappa shape index (κ2) is 7.11. The van der Waals surface area contributed by atoms with Crippen LogP contribution in [-0.4, -0.2) is 31.4 Å². The number of benzene rings is 1. The van der Waals surface area contributed by atoms with E-state index in [2.05, 4.69) is 16.0 Å². The Hall–Kier alpha value is -1.59. The quantitative estimate of drug-likeness (QED) is 0.773. The normalized spacial score (nSPS) is 13.9. The van der Waals surface area contributed by atoms with Gasteiger partial charge in [-0.3, -0.25) is 9.59 Å². The molecule has 0 radical (unpaired) electrons. The molecule has 0 saturated carbocycles. The van der Waals surface area contributed by atoms with Crippen molar-refractivity contribution in [2.45, 2.75) is 6.92 Å². The van der Waals surface area contributed by atoms with E-state index >= 15 is 0 Å². The second-order valence-corrected chi connectivity index (χ2v) is 4.49. The van der Waals surface area contributed by atoms with E-state index in [1.54, 1.807) is 24.3 Å². The van der Waals surface area contributed by atoms with Gasteiger partial charge in [-0.05, 0) is 24.3 Å². The lowest BCUT2D eigenvalue weighted by atomic mass is 10.0. The summed E-state index contributed by atoms with van der Waals surface area (Å²) in [6, 6.07) is 6.86. The third kappa shape index (κ3) is 4.54. The molecule has 19 heavy (non-hydrogen) atoms. The van der Waals surface area contributed by atoms with Crippen molar-refractivity contribution in [2.75, 3.05) is 25.0 Å². The largest absolute Gasteiger partial charge is 0.352 e. The zero-order valence-electron chi connectivity index (χ0n) is 10.7. The van der Waals surface area contributed by atoms with Gasteiger partial charge in [-0.25, -0.2) is 0 Å². The van der Waals surface area contributed by atoms with Gasteiger partial charge in [0.1, 0.15) is 0 Å². The Morgan fingerprint density at radius 2 is 1.89 bits per heavy atom. The zero-order chi connectivity index (χ0) is 13.0. The van der Waals surface area contributed by atoms with Gasteiger partial charge in [0.25, 0.3) is 5.91 Å². The first-order chi connectivity index (χ1) is 8.65. The summed E-state index contributed by atoms with van der Waals surface area (Å²) in [4.78, 5) is 22.7. The van der Waals surface area contributed by atoms with Gasteiger partial charge in [-0.1, -0.05) is 0 Å². The van der Waals surface area contributed by atoms with Gasteiger partial charge in [0.2, 0.25) is 5.91 Å². The molecule has 5 nitrogen and oxygen atoms in total. The molecule has 0 atom stereocenters. The molecule has 0 aliphatic carbocycles. The third-order valence-corrected chi connectivity index (χ3v) is 2.88. The van der Waals surface area contributed by atoms with E-state index in [-0.39, 0.29) is 24.2 Å². The molecule has 1 aliphatic rings. The molecule has 104 valence electrons. The summed E-state index contributed by atoms with van der Waals surface area (Å²) in [7, 11) is 0. The van der Waals surface area contributed by atoms with Gasteiger partial charge < -0.3 is 16.0 Å². The summed E-state index contributed by atoms with van der Waals surface area (Å²) in [6.07, 6.45) is 0. The number of anilines is 1. The van der Waals surface area contributed by atoms with E-state index in [9.17, 15) is 9.59 Å². The molecule has 0 spiro atoms. The van der Waals surface area contributed by atoms with Gasteiger partial charge in [0, 0.05) is 43.7 Å². The van der Waals surface area contributed by atoms with E-state index in [0.717, 1.165) is 13.1 Å². The lowest BCUT2D eigenvalue weighted by Gasteiger charge is -2.27. The van der Waals surface area contributed by atoms with Crippen molar-refractivity contribution in [1.82, 2.24) is 10.6 Å². The van der Waals surface area contributed by atoms with E-state index in [1.807, 2.05) is 0 Å². The average molecular weight is 284 g/mol. The van der Waals surface area contributed by atoms with E-state index < -0.39 is 0 Å². The summed E-state index contributed by atoms with van der Waals surface area (Å²) >= 11 is 0. The van der Waals surface area contributed by atoms with Gasteiger partial charge in [-0.2, -0.15) is 0 Å². The number of halogens is 1. The monoisotopic (exact) mass is 283 g/mol. The number of hydrogen-bond donors (Lipinski definition) is 3. The topological polar surface area (TPSA) is 70.2 Å². The van der Waals surface area contributed by atoms with Crippen LogP contribution >= 0.6 is 12.4 Å². The van der Waals surface area contributed by atoms with Crippen LogP contribution in [-0.2, 0) is 4.79 Å². The van der Waals surface area contributed by atoms with Crippen molar-refractivity contribution in [3.8, 4) is 0 Å². The number of hydrogen-bond acceptors (Lipinski definition) is 3. The van der Waals surface area contributed by atoms with Crippen molar-refractivity contribution in [1.29, 1.82) is 0 Å². The molecule has 1 heterocycles. The molecule has 2 amide bonds. The maximum atomic E-state index is 11.8. The Morgan fingerprint density at radius 1 is 1.26 bits per heavy atom. The Morgan fingerprint density at radius 3 is 2.37 bits per heavy atom. The SMILES string of the molecule is CC(=O)Nc1ccc(C(=O)NCC2CNC2)cc1.Cl. The van der Waals surface area contributed by atoms with Crippen molar-refractivity contribution < 1.29 is 9.59 Å². The lowest BCUT2D eigenvalue weighted by molar-refractivity contribution is -0.114. The maximum absolute atomic E-state index is 11.8. The summed E-state index contributed by atoms with van der Waals surface area (Å²) < 4.78 is 0. The van der Waals surface area contributed by atoms with Gasteiger partial charge in [0.15, 0.2) is 0 Å². The highest BCUT2D eigenvalue weighted by molar-refractivity contribution is 5.95. The minimum atomic E-state index is -0.121. The Balaban J connectivity index is 0.00000180. The van der Waals surface area contributed by atoms with Crippen LogP contribution in [0, 0.1) is 5.92 Å². The van der Waals surface area contributed by atoms with Crippen molar-refractivity contribution in [3.63, 3.8) is 0 Å². The molecule has 1 aromatic rings. The number of carbonyl (C=O) groups is 2. The van der Waals surface area contributed by atoms with Crippen LogP contribution in [0.2, 0.25) is 0 Å². The third-order valence-electron chi connectivity index (χ3n) is 2.88. The molecule has 1 fully saturated rings. The first-order valence-corrected chi connectivity index (χ1v) is 6.02. The first kappa shape index (κ1) is 15.5. The standard InChI is InChI=1S/C13H17N3O2.ClH/c1-9(17)16-12-4-2-11(3-5-12)13(18)15-8-10-6-14-7-10;/h2-5,10,14H,6-8H2,1H3,(H,15,18)(H,16,17);1H. The fraction of sp³-hybridized carbons (Fsp3) is 0.385. The lowest BCUT2D eigenvalue weighted by Crippen LogP contribution is -2.48. The van der Waals surface area contributed by atoms with Crippen LogP contribution in [0.3, 0.4) is 0 Å². The van der Waals surface area contributed by atoms with Gasteiger partial charge >= 0.3 is 0 Å². The molecule has 0 unspecified atom stereocenters. The minimum absolute atomic E-state index is 0. The summed E-state index contributed by atoms with van der Waals surface area (Å²) in [5, 5.41) is 8.71. The average Bonchev–Trinajstić information content (AvgIpc) is 2.27. The number of carbonyl (C=O) groups excluding carboxylic acids is 2. The Kier molecular flexibility index (Phi) is 5.79. The fourth-order valence-electron chi connectivity index (χ4n) is 1.74. The first-order valence-electron chi connectivity index (χ1n) is 6.02. The predicted octanol–water partition coefficient (Wildman–Crippen LogP) is 1.02. The number of rotatable bonds is 4. The Labute approximate surface area is 118 Å². The fourth-order valence-corrected chi connectivity index (χ4v) is 1.74. The van der Waals surface area contributed by atoms with Gasteiger partial charge in [0.05, 0.1) is 0 Å². The second-order valence-electron chi connectivity index (χ2n) is 4.49. The smallest absolute Gasteiger partial charge is 0.251 e. The van der Waals surface area contributed by atoms with Crippen molar-refractivity contribution >= 4 is 29.9 Å². The van der Waals surface area contributed by atoms with Crippen LogP contribution in [0.1, 0.15) is 17.3 Å². The van der Waals surface area contributed by atoms with Crippen LogP contribution in [0.4, 0.5) is 5.69 Å². The molecule has 0 aromatic heterocycles. The molecule has 1 saturated heterocycles. The molecule has 1 aromatic carbocycles. The van der Waals surface area contributed by atoms with Crippen LogP contribution in [0.25, 0.3) is 0 Å². The maximum Gasteiger partial charge on any atom is 0.251 e.